The number of hydrogen-bond donors (Lipinski definition) is 0. The predicted molar refractivity (Wildman–Crippen MR) is 141 cm³/mol. The number of hydrogen-bond acceptors (Lipinski definition) is 1. The van der Waals surface area contributed by atoms with Crippen LogP contribution < -0.4 is 4.74 Å². The van der Waals surface area contributed by atoms with Crippen LogP contribution in [0.25, 0.3) is 0 Å². The van der Waals surface area contributed by atoms with Crippen molar-refractivity contribution < 1.29 is 13.5 Å². The number of halogens is 2. The molecule has 0 aliphatic heterocycles. The second-order valence-electron chi connectivity index (χ2n) is 10.8. The van der Waals surface area contributed by atoms with Gasteiger partial charge in [0.25, 0.3) is 0 Å². The zero-order valence-electron chi connectivity index (χ0n) is 21.6. The van der Waals surface area contributed by atoms with Crippen molar-refractivity contribution >= 4 is 0 Å². The van der Waals surface area contributed by atoms with Crippen molar-refractivity contribution in [1.82, 2.24) is 0 Å². The van der Waals surface area contributed by atoms with E-state index in [0.717, 1.165) is 37.5 Å². The minimum atomic E-state index is -0.881. The van der Waals surface area contributed by atoms with Crippen LogP contribution in [0, 0.1) is 17.6 Å². The first-order valence-corrected chi connectivity index (χ1v) is 14.0. The molecule has 1 nitrogen and oxygen atoms in total. The van der Waals surface area contributed by atoms with Crippen LogP contribution >= 0.6 is 0 Å². The molecular formula is C32H42F2O. The minimum Gasteiger partial charge on any atom is -0.462 e. The Hall–Kier alpha value is -2.16. The van der Waals surface area contributed by atoms with Crippen molar-refractivity contribution in [3.8, 4) is 5.75 Å². The molecule has 190 valence electrons. The molecule has 2 saturated carbocycles. The van der Waals surface area contributed by atoms with Crippen molar-refractivity contribution in [1.29, 1.82) is 0 Å². The van der Waals surface area contributed by atoms with Crippen LogP contribution in [-0.2, 0) is 0 Å². The first kappa shape index (κ1) is 25.9. The molecule has 3 heteroatoms. The topological polar surface area (TPSA) is 9.23 Å². The third-order valence-electron chi connectivity index (χ3n) is 8.52. The molecule has 35 heavy (non-hydrogen) atoms. The number of rotatable bonds is 9. The summed E-state index contributed by atoms with van der Waals surface area (Å²) in [7, 11) is 0. The maximum atomic E-state index is 14.7. The standard InChI is InChI=1S/C32H42F2O/c1-3-5-6-7-23-8-10-24(11-9-23)25-12-14-26(15-13-25)27-16-18-28(19-17-27)29-20-21-30(35-22-4-2)32(34)31(29)33/h4,12-15,20-24,27-28H,3,5-11,16-19H2,1-2H3/b22-4+. The fourth-order valence-corrected chi connectivity index (χ4v) is 6.34. The van der Waals surface area contributed by atoms with Gasteiger partial charge in [0.05, 0.1) is 6.26 Å². The zero-order valence-corrected chi connectivity index (χ0v) is 21.6. The Bertz CT molecular complexity index is 948. The van der Waals surface area contributed by atoms with Gasteiger partial charge in [0, 0.05) is 0 Å². The summed E-state index contributed by atoms with van der Waals surface area (Å²) in [6, 6.07) is 12.7. The minimum absolute atomic E-state index is 0.0527. The fourth-order valence-electron chi connectivity index (χ4n) is 6.34. The molecule has 0 bridgehead atoms. The lowest BCUT2D eigenvalue weighted by atomic mass is 9.74. The maximum Gasteiger partial charge on any atom is 0.201 e. The molecule has 0 N–H and O–H groups in total. The smallest absolute Gasteiger partial charge is 0.201 e. The molecular weight excluding hydrogens is 438 g/mol. The summed E-state index contributed by atoms with van der Waals surface area (Å²) in [6.45, 7) is 4.06. The zero-order chi connectivity index (χ0) is 24.6. The van der Waals surface area contributed by atoms with E-state index in [9.17, 15) is 8.78 Å². The Morgan fingerprint density at radius 1 is 0.743 bits per heavy atom. The first-order chi connectivity index (χ1) is 17.1. The van der Waals surface area contributed by atoms with E-state index in [1.165, 1.54) is 68.8 Å². The van der Waals surface area contributed by atoms with E-state index < -0.39 is 11.6 Å². The summed E-state index contributed by atoms with van der Waals surface area (Å²) in [5, 5.41) is 0. The number of benzene rings is 2. The average Bonchev–Trinajstić information content (AvgIpc) is 2.90. The van der Waals surface area contributed by atoms with Gasteiger partial charge >= 0.3 is 0 Å². The van der Waals surface area contributed by atoms with Crippen molar-refractivity contribution in [3.05, 3.63) is 77.1 Å². The molecule has 0 heterocycles. The lowest BCUT2D eigenvalue weighted by molar-refractivity contribution is 0.302. The summed E-state index contributed by atoms with van der Waals surface area (Å²) >= 11 is 0. The van der Waals surface area contributed by atoms with Gasteiger partial charge in [-0.2, -0.15) is 4.39 Å². The van der Waals surface area contributed by atoms with E-state index in [-0.39, 0.29) is 11.7 Å². The third kappa shape index (κ3) is 6.54. The highest BCUT2D eigenvalue weighted by Gasteiger charge is 2.28. The van der Waals surface area contributed by atoms with Gasteiger partial charge in [-0.1, -0.05) is 69.0 Å². The highest BCUT2D eigenvalue weighted by Crippen LogP contribution is 2.43. The Balaban J connectivity index is 1.29. The van der Waals surface area contributed by atoms with Crippen molar-refractivity contribution in [3.63, 3.8) is 0 Å². The highest BCUT2D eigenvalue weighted by atomic mass is 19.2. The summed E-state index contributed by atoms with van der Waals surface area (Å²) in [4.78, 5) is 0. The normalized spacial score (nSPS) is 25.1. The lowest BCUT2D eigenvalue weighted by Gasteiger charge is -2.31. The molecule has 2 aromatic rings. The summed E-state index contributed by atoms with van der Waals surface area (Å²) in [5.41, 5.74) is 3.41. The van der Waals surface area contributed by atoms with E-state index in [0.29, 0.717) is 11.5 Å². The molecule has 2 aliphatic rings. The van der Waals surface area contributed by atoms with Crippen LogP contribution in [0.1, 0.15) is 125 Å². The monoisotopic (exact) mass is 480 g/mol. The molecule has 0 amide bonds. The van der Waals surface area contributed by atoms with Crippen LogP contribution in [-0.4, -0.2) is 0 Å². The number of allylic oxidation sites excluding steroid dienone is 1. The second kappa shape index (κ2) is 12.7. The van der Waals surface area contributed by atoms with Gasteiger partial charge in [-0.05, 0) is 105 Å². The summed E-state index contributed by atoms with van der Waals surface area (Å²) in [5.74, 6) is 0.571. The summed E-state index contributed by atoms with van der Waals surface area (Å²) in [6.07, 6.45) is 17.8. The Kier molecular flexibility index (Phi) is 9.40. The molecule has 0 atom stereocenters. The Labute approximate surface area is 211 Å². The van der Waals surface area contributed by atoms with Gasteiger partial charge in [-0.25, -0.2) is 4.39 Å². The fraction of sp³-hybridized carbons (Fsp3) is 0.562. The van der Waals surface area contributed by atoms with Crippen molar-refractivity contribution in [2.75, 3.05) is 0 Å². The number of unbranched alkanes of at least 4 members (excludes halogenated alkanes) is 2. The van der Waals surface area contributed by atoms with Crippen LogP contribution in [0.5, 0.6) is 5.75 Å². The van der Waals surface area contributed by atoms with E-state index >= 15 is 0 Å². The first-order valence-electron chi connectivity index (χ1n) is 14.0. The van der Waals surface area contributed by atoms with Crippen LogP contribution in [0.4, 0.5) is 8.78 Å². The Morgan fingerprint density at radius 2 is 1.31 bits per heavy atom. The molecule has 0 saturated heterocycles. The second-order valence-corrected chi connectivity index (χ2v) is 10.8. The van der Waals surface area contributed by atoms with Gasteiger partial charge in [-0.15, -0.1) is 0 Å². The van der Waals surface area contributed by atoms with Gasteiger partial charge in [0.2, 0.25) is 5.82 Å². The number of ether oxygens (including phenoxy) is 1. The molecule has 0 aromatic heterocycles. The van der Waals surface area contributed by atoms with E-state index in [1.807, 2.05) is 0 Å². The molecule has 0 radical (unpaired) electrons. The van der Waals surface area contributed by atoms with Gasteiger partial charge in [0.1, 0.15) is 0 Å². The molecule has 4 rings (SSSR count). The largest absolute Gasteiger partial charge is 0.462 e. The van der Waals surface area contributed by atoms with Gasteiger partial charge in [0.15, 0.2) is 11.6 Å². The van der Waals surface area contributed by atoms with Crippen molar-refractivity contribution in [2.24, 2.45) is 5.92 Å². The quantitative estimate of drug-likeness (QED) is 0.256. The van der Waals surface area contributed by atoms with E-state index in [2.05, 4.69) is 31.2 Å². The van der Waals surface area contributed by atoms with Gasteiger partial charge < -0.3 is 4.74 Å². The average molecular weight is 481 g/mol. The van der Waals surface area contributed by atoms with E-state index in [4.69, 9.17) is 4.74 Å². The van der Waals surface area contributed by atoms with Crippen molar-refractivity contribution in [2.45, 2.75) is 109 Å². The maximum absolute atomic E-state index is 14.7. The molecule has 0 unspecified atom stereocenters. The van der Waals surface area contributed by atoms with Gasteiger partial charge in [-0.3, -0.25) is 0 Å². The van der Waals surface area contributed by atoms with Crippen LogP contribution in [0.2, 0.25) is 0 Å². The molecule has 0 spiro atoms. The molecule has 2 aromatic carbocycles. The summed E-state index contributed by atoms with van der Waals surface area (Å²) < 4.78 is 34.3. The Morgan fingerprint density at radius 3 is 1.89 bits per heavy atom. The molecule has 2 fully saturated rings. The van der Waals surface area contributed by atoms with Crippen LogP contribution in [0.15, 0.2) is 48.7 Å². The van der Waals surface area contributed by atoms with Crippen LogP contribution in [0.3, 0.4) is 0 Å². The third-order valence-corrected chi connectivity index (χ3v) is 8.52. The lowest BCUT2D eigenvalue weighted by Crippen LogP contribution is -2.15. The highest BCUT2D eigenvalue weighted by molar-refractivity contribution is 5.34. The SMILES string of the molecule is C/C=C/Oc1ccc(C2CCC(c3ccc(C4CCC(CCCCC)CC4)cc3)CC2)c(F)c1F. The predicted octanol–water partition coefficient (Wildman–Crippen LogP) is 10.2. The molecule has 2 aliphatic carbocycles. The van der Waals surface area contributed by atoms with E-state index in [1.54, 1.807) is 25.1 Å².